The van der Waals surface area contributed by atoms with Crippen molar-refractivity contribution in [3.05, 3.63) is 29.8 Å². The summed E-state index contributed by atoms with van der Waals surface area (Å²) in [7, 11) is 0. The van der Waals surface area contributed by atoms with E-state index in [1.165, 1.54) is 38.3 Å². The Morgan fingerprint density at radius 1 is 1.27 bits per heavy atom. The summed E-state index contributed by atoms with van der Waals surface area (Å²) in [4.78, 5) is 29.3. The molecule has 4 rings (SSSR count). The number of anilines is 1. The second-order valence-corrected chi connectivity index (χ2v) is 9.47. The maximum Gasteiger partial charge on any atom is 0.258 e. The number of carbonyl (C=O) groups is 2. The molecule has 0 aromatic heterocycles. The van der Waals surface area contributed by atoms with Gasteiger partial charge in [-0.1, -0.05) is 38.3 Å². The Balaban J connectivity index is 1.42. The number of rotatable bonds is 8. The average Bonchev–Trinajstić information content (AvgIpc) is 3.25. The monoisotopic (exact) mass is 412 g/mol. The van der Waals surface area contributed by atoms with Gasteiger partial charge >= 0.3 is 0 Å². The zero-order chi connectivity index (χ0) is 21.2. The van der Waals surface area contributed by atoms with Crippen molar-refractivity contribution in [1.29, 1.82) is 0 Å². The SMILES string of the molecule is CC1(C(CC(=O)Nc2ccc(C3(C(=O)N=CCO)CCOC3)cc2)C2CCC2)CC1. The minimum atomic E-state index is -0.815. The van der Waals surface area contributed by atoms with Crippen LogP contribution in [-0.2, 0) is 19.7 Å². The van der Waals surface area contributed by atoms with Gasteiger partial charge in [0.05, 0.1) is 13.2 Å². The van der Waals surface area contributed by atoms with E-state index in [4.69, 9.17) is 9.84 Å². The predicted molar refractivity (Wildman–Crippen MR) is 116 cm³/mol. The first kappa shape index (κ1) is 21.2. The van der Waals surface area contributed by atoms with E-state index in [9.17, 15) is 9.59 Å². The van der Waals surface area contributed by atoms with Crippen LogP contribution in [0.1, 0.15) is 57.4 Å². The molecule has 2 saturated carbocycles. The standard InChI is InChI=1S/C24H32N2O4/c1-23(9-10-23)20(17-3-2-4-17)15-21(28)26-19-7-5-18(6-8-19)24(11-14-30-16-24)22(29)25-12-13-27/h5-8,12,17,20,27H,2-4,9-11,13-16H2,1H3,(H,26,28). The zero-order valence-corrected chi connectivity index (χ0v) is 17.7. The molecule has 6 nitrogen and oxygen atoms in total. The van der Waals surface area contributed by atoms with Gasteiger partial charge in [-0.15, -0.1) is 0 Å². The third-order valence-corrected chi connectivity index (χ3v) is 7.50. The lowest BCUT2D eigenvalue weighted by atomic mass is 9.68. The molecule has 30 heavy (non-hydrogen) atoms. The number of nitrogens with zero attached hydrogens (tertiary/aromatic N) is 1. The summed E-state index contributed by atoms with van der Waals surface area (Å²) in [5, 5.41) is 12.0. The molecule has 1 aromatic carbocycles. The van der Waals surface area contributed by atoms with Gasteiger partial charge in [0.25, 0.3) is 5.91 Å². The highest BCUT2D eigenvalue weighted by Crippen LogP contribution is 2.58. The maximum absolute atomic E-state index is 12.7. The fourth-order valence-corrected chi connectivity index (χ4v) is 5.01. The minimum Gasteiger partial charge on any atom is -0.391 e. The lowest BCUT2D eigenvalue weighted by Crippen LogP contribution is -2.35. The van der Waals surface area contributed by atoms with Crippen LogP contribution in [0.4, 0.5) is 5.69 Å². The van der Waals surface area contributed by atoms with Gasteiger partial charge in [0.15, 0.2) is 0 Å². The minimum absolute atomic E-state index is 0.0790. The first-order chi connectivity index (χ1) is 14.5. The molecule has 0 radical (unpaired) electrons. The number of ether oxygens (including phenoxy) is 1. The van der Waals surface area contributed by atoms with Gasteiger partial charge in [-0.05, 0) is 54.2 Å². The van der Waals surface area contributed by atoms with E-state index in [1.54, 1.807) is 0 Å². The van der Waals surface area contributed by atoms with Crippen LogP contribution in [0.5, 0.6) is 0 Å². The number of carbonyl (C=O) groups excluding carboxylic acids is 2. The number of aliphatic hydroxyl groups excluding tert-OH is 1. The first-order valence-electron chi connectivity index (χ1n) is 11.1. The lowest BCUT2D eigenvalue weighted by molar-refractivity contribution is -0.123. The Labute approximate surface area is 178 Å². The molecule has 0 bridgehead atoms. The normalized spacial score (nSPS) is 26.3. The molecule has 2 amide bonds. The number of hydrogen-bond donors (Lipinski definition) is 2. The van der Waals surface area contributed by atoms with Crippen LogP contribution in [0, 0.1) is 17.3 Å². The Kier molecular flexibility index (Phi) is 6.07. The molecule has 1 aromatic rings. The van der Waals surface area contributed by atoms with Crippen LogP contribution >= 0.6 is 0 Å². The second kappa shape index (κ2) is 8.60. The maximum atomic E-state index is 12.7. The molecule has 0 spiro atoms. The van der Waals surface area contributed by atoms with Gasteiger partial charge in [0.2, 0.25) is 5.91 Å². The zero-order valence-electron chi connectivity index (χ0n) is 17.7. The van der Waals surface area contributed by atoms with Crippen molar-refractivity contribution < 1.29 is 19.4 Å². The number of aliphatic hydroxyl groups is 1. The Morgan fingerprint density at radius 2 is 2.00 bits per heavy atom. The van der Waals surface area contributed by atoms with Crippen LogP contribution in [0.25, 0.3) is 0 Å². The largest absolute Gasteiger partial charge is 0.391 e. The van der Waals surface area contributed by atoms with Crippen molar-refractivity contribution in [2.75, 3.05) is 25.1 Å². The highest BCUT2D eigenvalue weighted by Gasteiger charge is 2.49. The molecule has 2 aliphatic carbocycles. The van der Waals surface area contributed by atoms with E-state index in [-0.39, 0.29) is 25.0 Å². The van der Waals surface area contributed by atoms with Crippen molar-refractivity contribution >= 4 is 23.7 Å². The predicted octanol–water partition coefficient (Wildman–Crippen LogP) is 3.48. The van der Waals surface area contributed by atoms with E-state index >= 15 is 0 Å². The van der Waals surface area contributed by atoms with E-state index in [1.807, 2.05) is 24.3 Å². The average molecular weight is 413 g/mol. The lowest BCUT2D eigenvalue weighted by Gasteiger charge is -2.37. The van der Waals surface area contributed by atoms with Crippen LogP contribution in [0.2, 0.25) is 0 Å². The summed E-state index contributed by atoms with van der Waals surface area (Å²) in [6.45, 7) is 2.84. The van der Waals surface area contributed by atoms with Crippen molar-refractivity contribution in [2.24, 2.45) is 22.2 Å². The molecule has 2 atom stereocenters. The Bertz CT molecular complexity index is 803. The number of nitrogens with one attached hydrogen (secondary N) is 1. The van der Waals surface area contributed by atoms with Crippen LogP contribution in [0.15, 0.2) is 29.3 Å². The summed E-state index contributed by atoms with van der Waals surface area (Å²) in [6, 6.07) is 7.46. The molecule has 3 fully saturated rings. The molecule has 3 aliphatic rings. The molecule has 1 saturated heterocycles. The van der Waals surface area contributed by atoms with Crippen molar-refractivity contribution in [1.82, 2.24) is 0 Å². The van der Waals surface area contributed by atoms with Crippen molar-refractivity contribution in [2.45, 2.75) is 57.3 Å². The second-order valence-electron chi connectivity index (χ2n) is 9.47. The molecule has 6 heteroatoms. The van der Waals surface area contributed by atoms with Gasteiger partial charge in [-0.3, -0.25) is 9.59 Å². The van der Waals surface area contributed by atoms with Crippen molar-refractivity contribution in [3.8, 4) is 0 Å². The number of hydrogen-bond acceptors (Lipinski definition) is 4. The van der Waals surface area contributed by atoms with Gasteiger partial charge in [0, 0.05) is 24.9 Å². The van der Waals surface area contributed by atoms with E-state index in [0.29, 0.717) is 36.7 Å². The fourth-order valence-electron chi connectivity index (χ4n) is 5.01. The summed E-state index contributed by atoms with van der Waals surface area (Å²) in [6.07, 6.45) is 8.68. The Morgan fingerprint density at radius 3 is 2.53 bits per heavy atom. The quantitative estimate of drug-likeness (QED) is 0.640. The molecule has 1 aliphatic heterocycles. The van der Waals surface area contributed by atoms with Crippen molar-refractivity contribution in [3.63, 3.8) is 0 Å². The van der Waals surface area contributed by atoms with Crippen LogP contribution < -0.4 is 5.32 Å². The topological polar surface area (TPSA) is 88.0 Å². The molecular formula is C24H32N2O4. The molecule has 2 unspecified atom stereocenters. The molecule has 162 valence electrons. The van der Waals surface area contributed by atoms with E-state index in [0.717, 1.165) is 11.3 Å². The van der Waals surface area contributed by atoms with Crippen LogP contribution in [0.3, 0.4) is 0 Å². The highest BCUT2D eigenvalue weighted by atomic mass is 16.5. The van der Waals surface area contributed by atoms with E-state index < -0.39 is 5.41 Å². The summed E-state index contributed by atoms with van der Waals surface area (Å²) in [5.41, 5.74) is 1.12. The van der Waals surface area contributed by atoms with E-state index in [2.05, 4.69) is 17.2 Å². The smallest absolute Gasteiger partial charge is 0.258 e. The third-order valence-electron chi connectivity index (χ3n) is 7.50. The summed E-state index contributed by atoms with van der Waals surface area (Å²) >= 11 is 0. The van der Waals surface area contributed by atoms with Gasteiger partial charge in [-0.25, -0.2) is 4.99 Å². The fraction of sp³-hybridized carbons (Fsp3) is 0.625. The first-order valence-corrected chi connectivity index (χ1v) is 11.1. The molecule has 1 heterocycles. The third kappa shape index (κ3) is 4.21. The van der Waals surface area contributed by atoms with Gasteiger partial charge in [0.1, 0.15) is 5.41 Å². The number of aliphatic imine (C=N–C) groups is 1. The van der Waals surface area contributed by atoms with Crippen LogP contribution in [-0.4, -0.2) is 43.0 Å². The number of benzene rings is 1. The van der Waals surface area contributed by atoms with Gasteiger partial charge < -0.3 is 15.2 Å². The van der Waals surface area contributed by atoms with Gasteiger partial charge in [-0.2, -0.15) is 0 Å². The summed E-state index contributed by atoms with van der Waals surface area (Å²) < 4.78 is 5.50. The molecule has 2 N–H and O–H groups in total. The summed E-state index contributed by atoms with van der Waals surface area (Å²) in [5.74, 6) is 0.979. The number of amides is 2. The molecular weight excluding hydrogens is 380 g/mol. The highest BCUT2D eigenvalue weighted by molar-refractivity contribution is 5.95. The Hall–Kier alpha value is -2.05.